The first kappa shape index (κ1) is 12.0. The molecule has 0 radical (unpaired) electrons. The molecule has 2 aromatic rings. The lowest BCUT2D eigenvalue weighted by atomic mass is 10.0. The van der Waals surface area contributed by atoms with Crippen molar-refractivity contribution in [2.75, 3.05) is 5.73 Å². The lowest BCUT2D eigenvalue weighted by Crippen LogP contribution is -2.04. The monoisotopic (exact) mass is 267 g/mol. The van der Waals surface area contributed by atoms with Crippen LogP contribution in [-0.2, 0) is 0 Å². The van der Waals surface area contributed by atoms with Crippen LogP contribution < -0.4 is 5.73 Å². The molecule has 4 rings (SSSR count). The highest BCUT2D eigenvalue weighted by Crippen LogP contribution is 2.48. The standard InChI is InChI=1S/C17H21N3/c1-10-3-4-11(2)14(9-10)15-16(18)20(13-7-8-13)17(19-15)12-5-6-12/h3-4,9,12-13H,5-8,18H2,1-2H3. The van der Waals surface area contributed by atoms with E-state index in [4.69, 9.17) is 10.7 Å². The van der Waals surface area contributed by atoms with Gasteiger partial charge in [-0.05, 0) is 51.2 Å². The number of hydrogen-bond acceptors (Lipinski definition) is 2. The quantitative estimate of drug-likeness (QED) is 0.914. The molecule has 0 bridgehead atoms. The second-order valence-electron chi connectivity index (χ2n) is 6.40. The van der Waals surface area contributed by atoms with Gasteiger partial charge in [-0.2, -0.15) is 0 Å². The molecule has 0 unspecified atom stereocenters. The van der Waals surface area contributed by atoms with Crippen molar-refractivity contribution < 1.29 is 0 Å². The van der Waals surface area contributed by atoms with Gasteiger partial charge in [0, 0.05) is 17.5 Å². The average Bonchev–Trinajstić information content (AvgIpc) is 3.31. The molecule has 0 saturated heterocycles. The Morgan fingerprint density at radius 3 is 2.55 bits per heavy atom. The SMILES string of the molecule is Cc1ccc(C)c(-c2nc(C3CC3)n(C3CC3)c2N)c1. The number of nitrogens with zero attached hydrogens (tertiary/aromatic N) is 2. The Morgan fingerprint density at radius 1 is 1.15 bits per heavy atom. The van der Waals surface area contributed by atoms with Gasteiger partial charge in [0.1, 0.15) is 17.3 Å². The summed E-state index contributed by atoms with van der Waals surface area (Å²) in [4.78, 5) is 4.94. The van der Waals surface area contributed by atoms with E-state index in [1.54, 1.807) is 0 Å². The van der Waals surface area contributed by atoms with Crippen LogP contribution in [0.25, 0.3) is 11.3 Å². The molecule has 1 heterocycles. The number of imidazole rings is 1. The van der Waals surface area contributed by atoms with Crippen molar-refractivity contribution in [1.82, 2.24) is 9.55 Å². The van der Waals surface area contributed by atoms with E-state index in [1.165, 1.54) is 48.2 Å². The van der Waals surface area contributed by atoms with Crippen LogP contribution in [0.15, 0.2) is 18.2 Å². The minimum atomic E-state index is 0.608. The molecular weight excluding hydrogens is 246 g/mol. The van der Waals surface area contributed by atoms with Crippen LogP contribution in [-0.4, -0.2) is 9.55 Å². The largest absolute Gasteiger partial charge is 0.383 e. The second-order valence-corrected chi connectivity index (χ2v) is 6.40. The highest BCUT2D eigenvalue weighted by molar-refractivity contribution is 5.74. The zero-order valence-corrected chi connectivity index (χ0v) is 12.2. The Kier molecular flexibility index (Phi) is 2.47. The van der Waals surface area contributed by atoms with Gasteiger partial charge in [-0.25, -0.2) is 4.98 Å². The predicted octanol–water partition coefficient (Wildman–Crippen LogP) is 3.96. The smallest absolute Gasteiger partial charge is 0.132 e. The van der Waals surface area contributed by atoms with E-state index in [-0.39, 0.29) is 0 Å². The van der Waals surface area contributed by atoms with Crippen LogP contribution in [0.3, 0.4) is 0 Å². The van der Waals surface area contributed by atoms with Crippen LogP contribution in [0.1, 0.15) is 54.6 Å². The first-order valence-corrected chi connectivity index (χ1v) is 7.60. The van der Waals surface area contributed by atoms with Crippen LogP contribution >= 0.6 is 0 Å². The summed E-state index contributed by atoms with van der Waals surface area (Å²) in [5.74, 6) is 2.76. The van der Waals surface area contributed by atoms with Gasteiger partial charge < -0.3 is 10.3 Å². The summed E-state index contributed by atoms with van der Waals surface area (Å²) in [6.07, 6.45) is 5.06. The molecule has 2 N–H and O–H groups in total. The highest BCUT2D eigenvalue weighted by atomic mass is 15.2. The number of hydrogen-bond donors (Lipinski definition) is 1. The second kappa shape index (κ2) is 4.11. The predicted molar refractivity (Wildman–Crippen MR) is 81.8 cm³/mol. The van der Waals surface area contributed by atoms with E-state index in [0.717, 1.165) is 11.5 Å². The summed E-state index contributed by atoms with van der Waals surface area (Å²) in [7, 11) is 0. The molecule has 20 heavy (non-hydrogen) atoms. The number of benzene rings is 1. The fourth-order valence-electron chi connectivity index (χ4n) is 3.00. The number of nitrogens with two attached hydrogens (primary N) is 1. The summed E-state index contributed by atoms with van der Waals surface area (Å²) in [6.45, 7) is 4.26. The Labute approximate surface area is 119 Å². The van der Waals surface area contributed by atoms with Crippen molar-refractivity contribution in [1.29, 1.82) is 0 Å². The molecule has 0 atom stereocenters. The fraction of sp³-hybridized carbons (Fsp3) is 0.471. The number of nitrogen functional groups attached to an aromatic ring is 1. The topological polar surface area (TPSA) is 43.8 Å². The molecule has 2 aliphatic rings. The van der Waals surface area contributed by atoms with Crippen molar-refractivity contribution in [3.05, 3.63) is 35.2 Å². The maximum absolute atomic E-state index is 6.46. The molecule has 2 saturated carbocycles. The zero-order valence-electron chi connectivity index (χ0n) is 12.2. The number of rotatable bonds is 3. The molecule has 0 spiro atoms. The summed E-state index contributed by atoms with van der Waals surface area (Å²) in [5, 5.41) is 0. The van der Waals surface area contributed by atoms with Crippen molar-refractivity contribution in [3.63, 3.8) is 0 Å². The lowest BCUT2D eigenvalue weighted by molar-refractivity contribution is 0.691. The molecule has 2 aliphatic carbocycles. The molecular formula is C17H21N3. The maximum atomic E-state index is 6.46. The number of anilines is 1. The Balaban J connectivity index is 1.89. The average molecular weight is 267 g/mol. The highest BCUT2D eigenvalue weighted by Gasteiger charge is 2.36. The minimum Gasteiger partial charge on any atom is -0.383 e. The van der Waals surface area contributed by atoms with Gasteiger partial charge in [0.05, 0.1) is 0 Å². The first-order valence-electron chi connectivity index (χ1n) is 7.60. The third-order valence-corrected chi connectivity index (χ3v) is 4.48. The Bertz CT molecular complexity index is 676. The third kappa shape index (κ3) is 1.84. The molecule has 3 heteroatoms. The normalized spacial score (nSPS) is 18.5. The van der Waals surface area contributed by atoms with E-state index in [2.05, 4.69) is 36.6 Å². The first-order chi connectivity index (χ1) is 9.65. The third-order valence-electron chi connectivity index (χ3n) is 4.48. The van der Waals surface area contributed by atoms with E-state index in [9.17, 15) is 0 Å². The van der Waals surface area contributed by atoms with Crippen LogP contribution in [0.2, 0.25) is 0 Å². The molecule has 0 aliphatic heterocycles. The van der Waals surface area contributed by atoms with Crippen LogP contribution in [0, 0.1) is 13.8 Å². The van der Waals surface area contributed by atoms with Gasteiger partial charge in [-0.3, -0.25) is 0 Å². The van der Waals surface area contributed by atoms with Gasteiger partial charge in [0.2, 0.25) is 0 Å². The van der Waals surface area contributed by atoms with Gasteiger partial charge in [0.15, 0.2) is 0 Å². The fourth-order valence-corrected chi connectivity index (χ4v) is 3.00. The van der Waals surface area contributed by atoms with Gasteiger partial charge >= 0.3 is 0 Å². The van der Waals surface area contributed by atoms with E-state index < -0.39 is 0 Å². The van der Waals surface area contributed by atoms with Crippen LogP contribution in [0.4, 0.5) is 5.82 Å². The van der Waals surface area contributed by atoms with Crippen molar-refractivity contribution >= 4 is 5.82 Å². The van der Waals surface area contributed by atoms with E-state index >= 15 is 0 Å². The maximum Gasteiger partial charge on any atom is 0.132 e. The Hall–Kier alpha value is -1.77. The van der Waals surface area contributed by atoms with E-state index in [1.807, 2.05) is 0 Å². The van der Waals surface area contributed by atoms with Crippen molar-refractivity contribution in [2.45, 2.75) is 51.5 Å². The number of aromatic nitrogens is 2. The van der Waals surface area contributed by atoms with Gasteiger partial charge in [0.25, 0.3) is 0 Å². The Morgan fingerprint density at radius 2 is 1.90 bits per heavy atom. The van der Waals surface area contributed by atoms with E-state index in [0.29, 0.717) is 12.0 Å². The molecule has 104 valence electrons. The minimum absolute atomic E-state index is 0.608. The molecule has 1 aromatic heterocycles. The zero-order chi connectivity index (χ0) is 13.9. The van der Waals surface area contributed by atoms with Crippen molar-refractivity contribution in [3.8, 4) is 11.3 Å². The van der Waals surface area contributed by atoms with Crippen molar-refractivity contribution in [2.24, 2.45) is 0 Å². The van der Waals surface area contributed by atoms with Gasteiger partial charge in [-0.1, -0.05) is 17.7 Å². The number of aryl methyl sites for hydroxylation is 2. The van der Waals surface area contributed by atoms with Crippen LogP contribution in [0.5, 0.6) is 0 Å². The molecule has 1 aromatic carbocycles. The van der Waals surface area contributed by atoms with Gasteiger partial charge in [-0.15, -0.1) is 0 Å². The summed E-state index contributed by atoms with van der Waals surface area (Å²) in [6, 6.07) is 7.13. The molecule has 3 nitrogen and oxygen atoms in total. The summed E-state index contributed by atoms with van der Waals surface area (Å²) >= 11 is 0. The lowest BCUT2D eigenvalue weighted by Gasteiger charge is -2.08. The molecule has 0 amide bonds. The summed E-state index contributed by atoms with van der Waals surface area (Å²) in [5.41, 5.74) is 11.2. The molecule has 2 fully saturated rings. The summed E-state index contributed by atoms with van der Waals surface area (Å²) < 4.78 is 2.33.